The van der Waals surface area contributed by atoms with Crippen LogP contribution in [0.1, 0.15) is 22.5 Å². The van der Waals surface area contributed by atoms with E-state index in [0.29, 0.717) is 29.4 Å². The van der Waals surface area contributed by atoms with Crippen molar-refractivity contribution in [3.05, 3.63) is 71.4 Å². The number of halogens is 1. The first-order chi connectivity index (χ1) is 14.4. The molecule has 0 saturated carbocycles. The van der Waals surface area contributed by atoms with Crippen LogP contribution in [0.2, 0.25) is 0 Å². The molecule has 0 spiro atoms. The lowest BCUT2D eigenvalue weighted by Gasteiger charge is -2.09. The fraction of sp³-hybridized carbons (Fsp3) is 0.143. The second-order valence-corrected chi connectivity index (χ2v) is 9.46. The summed E-state index contributed by atoms with van der Waals surface area (Å²) in [6.45, 7) is 0.620. The summed E-state index contributed by atoms with van der Waals surface area (Å²) in [6.07, 6.45) is 1.43. The van der Waals surface area contributed by atoms with Gasteiger partial charge in [-0.1, -0.05) is 18.2 Å². The number of hydrogen-bond acceptors (Lipinski definition) is 5. The van der Waals surface area contributed by atoms with Crippen LogP contribution >= 0.6 is 11.3 Å². The van der Waals surface area contributed by atoms with Crippen molar-refractivity contribution in [3.63, 3.8) is 0 Å². The van der Waals surface area contributed by atoms with E-state index in [-0.39, 0.29) is 16.6 Å². The Hall–Kier alpha value is -3.04. The Kier molecular flexibility index (Phi) is 5.65. The van der Waals surface area contributed by atoms with Crippen molar-refractivity contribution in [2.75, 3.05) is 11.9 Å². The normalized spacial score (nSPS) is 13.7. The lowest BCUT2D eigenvalue weighted by atomic mass is 10.2. The summed E-state index contributed by atoms with van der Waals surface area (Å²) in [4.78, 5) is 18.1. The van der Waals surface area contributed by atoms with Gasteiger partial charge in [0.15, 0.2) is 0 Å². The molecule has 0 aliphatic carbocycles. The van der Waals surface area contributed by atoms with Gasteiger partial charge in [-0.15, -0.1) is 11.3 Å². The van der Waals surface area contributed by atoms with Crippen LogP contribution in [0.4, 0.5) is 10.1 Å². The van der Waals surface area contributed by atoms with E-state index >= 15 is 0 Å². The SMILES string of the molecule is O=C(Nc1cccc(S(=O)(=O)NC2=NCCC2)c1)c1ccc(-c2ccc(F)cc2)s1. The first-order valence-corrected chi connectivity index (χ1v) is 11.5. The van der Waals surface area contributed by atoms with Gasteiger partial charge in [0.2, 0.25) is 0 Å². The van der Waals surface area contributed by atoms with Crippen LogP contribution in [0.5, 0.6) is 0 Å². The molecule has 2 heterocycles. The molecule has 1 aliphatic rings. The molecule has 9 heteroatoms. The fourth-order valence-electron chi connectivity index (χ4n) is 3.00. The predicted octanol–water partition coefficient (Wildman–Crippen LogP) is 4.28. The van der Waals surface area contributed by atoms with E-state index in [2.05, 4.69) is 15.0 Å². The fourth-order valence-corrected chi connectivity index (χ4v) is 5.04. The predicted molar refractivity (Wildman–Crippen MR) is 116 cm³/mol. The maximum absolute atomic E-state index is 13.1. The molecule has 0 bridgehead atoms. The number of carbonyl (C=O) groups excluding carboxylic acids is 1. The number of amidine groups is 1. The maximum atomic E-state index is 13.1. The second kappa shape index (κ2) is 8.37. The lowest BCUT2D eigenvalue weighted by Crippen LogP contribution is -2.29. The summed E-state index contributed by atoms with van der Waals surface area (Å²) in [5.41, 5.74) is 1.18. The minimum absolute atomic E-state index is 0.0491. The van der Waals surface area contributed by atoms with Gasteiger partial charge in [0.05, 0.1) is 9.77 Å². The Labute approximate surface area is 177 Å². The van der Waals surface area contributed by atoms with E-state index in [1.54, 1.807) is 36.4 Å². The van der Waals surface area contributed by atoms with Crippen LogP contribution in [0, 0.1) is 5.82 Å². The largest absolute Gasteiger partial charge is 0.321 e. The summed E-state index contributed by atoms with van der Waals surface area (Å²) in [6, 6.07) is 15.6. The number of thiophene rings is 1. The number of hydrogen-bond donors (Lipinski definition) is 2. The minimum atomic E-state index is -3.76. The Balaban J connectivity index is 1.49. The molecule has 3 aromatic rings. The molecular formula is C21H18FN3O3S2. The van der Waals surface area contributed by atoms with Crippen LogP contribution in [0.25, 0.3) is 10.4 Å². The van der Waals surface area contributed by atoms with Crippen molar-refractivity contribution >= 4 is 38.8 Å². The zero-order chi connectivity index (χ0) is 21.1. The molecule has 6 nitrogen and oxygen atoms in total. The first kappa shape index (κ1) is 20.2. The molecule has 0 fully saturated rings. The molecule has 4 rings (SSSR count). The molecule has 1 amide bonds. The molecule has 1 aromatic heterocycles. The highest BCUT2D eigenvalue weighted by Crippen LogP contribution is 2.29. The summed E-state index contributed by atoms with van der Waals surface area (Å²) in [5, 5.41) is 2.73. The van der Waals surface area contributed by atoms with Crippen LogP contribution in [0.15, 0.2) is 70.6 Å². The zero-order valence-electron chi connectivity index (χ0n) is 15.8. The number of carbonyl (C=O) groups is 1. The van der Waals surface area contributed by atoms with E-state index in [1.165, 1.54) is 35.6 Å². The van der Waals surface area contributed by atoms with Crippen LogP contribution in [0.3, 0.4) is 0 Å². The van der Waals surface area contributed by atoms with Gasteiger partial charge in [-0.3, -0.25) is 14.5 Å². The van der Waals surface area contributed by atoms with Gasteiger partial charge in [-0.25, -0.2) is 12.8 Å². The van der Waals surface area contributed by atoms with Crippen molar-refractivity contribution in [1.82, 2.24) is 4.72 Å². The Morgan fingerprint density at radius 3 is 2.60 bits per heavy atom. The topological polar surface area (TPSA) is 87.6 Å². The van der Waals surface area contributed by atoms with Gasteiger partial charge in [-0.2, -0.15) is 0 Å². The smallest absolute Gasteiger partial charge is 0.265 e. The van der Waals surface area contributed by atoms with E-state index in [9.17, 15) is 17.6 Å². The van der Waals surface area contributed by atoms with Gasteiger partial charge in [0.25, 0.3) is 15.9 Å². The summed E-state index contributed by atoms with van der Waals surface area (Å²) in [5.74, 6) is -0.218. The molecule has 0 atom stereocenters. The molecular weight excluding hydrogens is 425 g/mol. The van der Waals surface area contributed by atoms with Crippen molar-refractivity contribution in [2.45, 2.75) is 17.7 Å². The number of nitrogens with one attached hydrogen (secondary N) is 2. The molecule has 1 aliphatic heterocycles. The average molecular weight is 444 g/mol. The average Bonchev–Trinajstić information content (AvgIpc) is 3.41. The van der Waals surface area contributed by atoms with Gasteiger partial charge in [0.1, 0.15) is 11.7 Å². The number of benzene rings is 2. The molecule has 2 aromatic carbocycles. The Morgan fingerprint density at radius 2 is 1.87 bits per heavy atom. The lowest BCUT2D eigenvalue weighted by molar-refractivity contribution is 0.103. The highest BCUT2D eigenvalue weighted by molar-refractivity contribution is 7.90. The summed E-state index contributed by atoms with van der Waals surface area (Å²) in [7, 11) is -3.76. The highest BCUT2D eigenvalue weighted by atomic mass is 32.2. The van der Waals surface area contributed by atoms with Crippen LogP contribution < -0.4 is 10.0 Å². The van der Waals surface area contributed by atoms with Crippen molar-refractivity contribution < 1.29 is 17.6 Å². The molecule has 154 valence electrons. The van der Waals surface area contributed by atoms with Crippen molar-refractivity contribution in [2.24, 2.45) is 4.99 Å². The highest BCUT2D eigenvalue weighted by Gasteiger charge is 2.19. The van der Waals surface area contributed by atoms with E-state index in [0.717, 1.165) is 16.9 Å². The Morgan fingerprint density at radius 1 is 1.07 bits per heavy atom. The number of amides is 1. The first-order valence-electron chi connectivity index (χ1n) is 9.24. The number of aliphatic imine (C=N–C) groups is 1. The van der Waals surface area contributed by atoms with Gasteiger partial charge < -0.3 is 5.32 Å². The monoisotopic (exact) mass is 443 g/mol. The third kappa shape index (κ3) is 4.58. The quantitative estimate of drug-likeness (QED) is 0.617. The van der Waals surface area contributed by atoms with Crippen LogP contribution in [-0.2, 0) is 10.0 Å². The molecule has 0 radical (unpaired) electrons. The van der Waals surface area contributed by atoms with E-state index in [1.807, 2.05) is 0 Å². The summed E-state index contributed by atoms with van der Waals surface area (Å²) >= 11 is 1.27. The molecule has 30 heavy (non-hydrogen) atoms. The maximum Gasteiger partial charge on any atom is 0.265 e. The summed E-state index contributed by atoms with van der Waals surface area (Å²) < 4.78 is 40.7. The van der Waals surface area contributed by atoms with Gasteiger partial charge in [-0.05, 0) is 54.4 Å². The molecule has 0 saturated heterocycles. The third-order valence-corrected chi connectivity index (χ3v) is 7.00. The third-order valence-electron chi connectivity index (χ3n) is 4.49. The van der Waals surface area contributed by atoms with Crippen LogP contribution in [-0.4, -0.2) is 26.7 Å². The second-order valence-electron chi connectivity index (χ2n) is 6.69. The number of rotatable bonds is 5. The minimum Gasteiger partial charge on any atom is -0.321 e. The van der Waals surface area contributed by atoms with Crippen molar-refractivity contribution in [1.29, 1.82) is 0 Å². The Bertz CT molecular complexity index is 1220. The van der Waals surface area contributed by atoms with Gasteiger partial charge in [0, 0.05) is 23.5 Å². The molecule has 0 unspecified atom stereocenters. The van der Waals surface area contributed by atoms with E-state index in [4.69, 9.17) is 0 Å². The number of anilines is 1. The van der Waals surface area contributed by atoms with Gasteiger partial charge >= 0.3 is 0 Å². The number of nitrogens with zero attached hydrogens (tertiary/aromatic N) is 1. The standard InChI is InChI=1S/C21H18FN3O3S2/c22-15-8-6-14(7-9-15)18-10-11-19(29-18)21(26)24-16-3-1-4-17(13-16)30(27,28)25-20-5-2-12-23-20/h1,3-4,6-11,13H,2,5,12H2,(H,23,25)(H,24,26). The zero-order valence-corrected chi connectivity index (χ0v) is 17.4. The van der Waals surface area contributed by atoms with E-state index < -0.39 is 10.0 Å². The number of sulfonamides is 1. The molecule has 2 N–H and O–H groups in total. The van der Waals surface area contributed by atoms with Crippen molar-refractivity contribution in [3.8, 4) is 10.4 Å².